The summed E-state index contributed by atoms with van der Waals surface area (Å²) in [5, 5.41) is 0. The first-order chi connectivity index (χ1) is 8.64. The number of halogens is 1. The monoisotopic (exact) mass is 250 g/mol. The van der Waals surface area contributed by atoms with Crippen molar-refractivity contribution in [2.24, 2.45) is 0 Å². The molecular formula is C14H15FO3. The van der Waals surface area contributed by atoms with E-state index >= 15 is 0 Å². The van der Waals surface area contributed by atoms with Crippen LogP contribution in [0.15, 0.2) is 30.4 Å². The van der Waals surface area contributed by atoms with Crippen molar-refractivity contribution in [1.29, 1.82) is 0 Å². The highest BCUT2D eigenvalue weighted by Crippen LogP contribution is 2.39. The van der Waals surface area contributed by atoms with Crippen molar-refractivity contribution in [3.05, 3.63) is 41.7 Å². The molecule has 0 spiro atoms. The summed E-state index contributed by atoms with van der Waals surface area (Å²) in [4.78, 5) is 12.0. The van der Waals surface area contributed by atoms with E-state index in [2.05, 4.69) is 0 Å². The largest absolute Gasteiger partial charge is 0.494 e. The topological polar surface area (TPSA) is 35.5 Å². The van der Waals surface area contributed by atoms with Crippen molar-refractivity contribution in [2.45, 2.75) is 18.3 Å². The van der Waals surface area contributed by atoms with Crippen LogP contribution in [0.2, 0.25) is 0 Å². The zero-order chi connectivity index (χ0) is 13.2. The normalized spacial score (nSPS) is 16.6. The molecule has 18 heavy (non-hydrogen) atoms. The molecule has 1 aliphatic carbocycles. The van der Waals surface area contributed by atoms with Crippen molar-refractivity contribution in [2.75, 3.05) is 14.2 Å². The predicted molar refractivity (Wildman–Crippen MR) is 65.0 cm³/mol. The third kappa shape index (κ3) is 1.88. The number of rotatable bonds is 3. The fourth-order valence-electron chi connectivity index (χ4n) is 2.33. The number of carbonyl (C=O) groups is 1. The Labute approximate surface area is 105 Å². The molecular weight excluding hydrogens is 235 g/mol. The second kappa shape index (κ2) is 4.80. The lowest BCUT2D eigenvalue weighted by molar-refractivity contribution is -0.147. The highest BCUT2D eigenvalue weighted by Gasteiger charge is 2.42. The van der Waals surface area contributed by atoms with Crippen LogP contribution in [0, 0.1) is 5.82 Å². The van der Waals surface area contributed by atoms with Gasteiger partial charge in [0.15, 0.2) is 11.6 Å². The van der Waals surface area contributed by atoms with E-state index in [1.165, 1.54) is 20.3 Å². The van der Waals surface area contributed by atoms with Crippen LogP contribution in [0.5, 0.6) is 5.75 Å². The molecule has 1 aromatic carbocycles. The number of methoxy groups -OCH3 is 2. The minimum atomic E-state index is -0.740. The Balaban J connectivity index is 2.47. The highest BCUT2D eigenvalue weighted by atomic mass is 19.1. The Morgan fingerprint density at radius 3 is 2.50 bits per heavy atom. The Bertz CT molecular complexity index is 486. The van der Waals surface area contributed by atoms with Gasteiger partial charge in [0.25, 0.3) is 0 Å². The van der Waals surface area contributed by atoms with Crippen molar-refractivity contribution >= 4 is 5.97 Å². The summed E-state index contributed by atoms with van der Waals surface area (Å²) in [5.41, 5.74) is -0.0203. The van der Waals surface area contributed by atoms with E-state index in [1.807, 2.05) is 12.2 Å². The smallest absolute Gasteiger partial charge is 0.316 e. The molecule has 2 rings (SSSR count). The Kier molecular flexibility index (Phi) is 3.36. The summed E-state index contributed by atoms with van der Waals surface area (Å²) >= 11 is 0. The first-order valence-electron chi connectivity index (χ1n) is 5.71. The van der Waals surface area contributed by atoms with Crippen molar-refractivity contribution in [3.63, 3.8) is 0 Å². The number of hydrogen-bond donors (Lipinski definition) is 0. The van der Waals surface area contributed by atoms with Crippen LogP contribution in [0.25, 0.3) is 0 Å². The van der Waals surface area contributed by atoms with Gasteiger partial charge in [0.1, 0.15) is 0 Å². The van der Waals surface area contributed by atoms with Crippen LogP contribution >= 0.6 is 0 Å². The van der Waals surface area contributed by atoms with Crippen molar-refractivity contribution in [1.82, 2.24) is 0 Å². The van der Waals surface area contributed by atoms with Crippen molar-refractivity contribution in [3.8, 4) is 5.75 Å². The van der Waals surface area contributed by atoms with Crippen LogP contribution in [0.3, 0.4) is 0 Å². The summed E-state index contributed by atoms with van der Waals surface area (Å²) in [6.07, 6.45) is 5.00. The second-order valence-electron chi connectivity index (χ2n) is 4.30. The average Bonchev–Trinajstić information content (AvgIpc) is 2.89. The maximum atomic E-state index is 13.4. The van der Waals surface area contributed by atoms with Gasteiger partial charge in [0.05, 0.1) is 19.6 Å². The van der Waals surface area contributed by atoms with E-state index in [9.17, 15) is 9.18 Å². The summed E-state index contributed by atoms with van der Waals surface area (Å²) in [7, 11) is 2.77. The van der Waals surface area contributed by atoms with Gasteiger partial charge in [-0.05, 0) is 30.5 Å². The molecule has 1 aromatic rings. The molecule has 1 aliphatic rings. The van der Waals surface area contributed by atoms with Gasteiger partial charge >= 0.3 is 5.97 Å². The summed E-state index contributed by atoms with van der Waals surface area (Å²) in [6, 6.07) is 4.50. The van der Waals surface area contributed by atoms with Crippen LogP contribution in [0.4, 0.5) is 4.39 Å². The summed E-state index contributed by atoms with van der Waals surface area (Å²) < 4.78 is 23.2. The lowest BCUT2D eigenvalue weighted by atomic mass is 9.78. The molecule has 0 saturated carbocycles. The number of esters is 1. The highest BCUT2D eigenvalue weighted by molar-refractivity contribution is 5.84. The van der Waals surface area contributed by atoms with E-state index in [4.69, 9.17) is 9.47 Å². The van der Waals surface area contributed by atoms with E-state index in [1.54, 1.807) is 12.1 Å². The lowest BCUT2D eigenvalue weighted by Gasteiger charge is -2.26. The SMILES string of the molecule is COC(=O)C1(c2ccc(F)c(OC)c2)CC=CC1. The molecule has 0 radical (unpaired) electrons. The van der Waals surface area contributed by atoms with Crippen LogP contribution in [0.1, 0.15) is 18.4 Å². The van der Waals surface area contributed by atoms with Gasteiger partial charge in [-0.2, -0.15) is 0 Å². The van der Waals surface area contributed by atoms with E-state index in [0.717, 1.165) is 5.56 Å². The van der Waals surface area contributed by atoms with Crippen molar-refractivity contribution < 1.29 is 18.7 Å². The quantitative estimate of drug-likeness (QED) is 0.611. The minimum Gasteiger partial charge on any atom is -0.494 e. The van der Waals surface area contributed by atoms with Gasteiger partial charge in [-0.15, -0.1) is 0 Å². The first-order valence-corrected chi connectivity index (χ1v) is 5.71. The number of carbonyl (C=O) groups excluding carboxylic acids is 1. The number of hydrogen-bond acceptors (Lipinski definition) is 3. The maximum Gasteiger partial charge on any atom is 0.316 e. The van der Waals surface area contributed by atoms with Gasteiger partial charge in [-0.1, -0.05) is 18.2 Å². The van der Waals surface area contributed by atoms with E-state index in [-0.39, 0.29) is 11.7 Å². The molecule has 0 aliphatic heterocycles. The molecule has 0 atom stereocenters. The van der Waals surface area contributed by atoms with Gasteiger partial charge in [0, 0.05) is 0 Å². The minimum absolute atomic E-state index is 0.141. The summed E-state index contributed by atoms with van der Waals surface area (Å²) in [5.74, 6) is -0.601. The van der Waals surface area contributed by atoms with Crippen LogP contribution < -0.4 is 4.74 Å². The Hall–Kier alpha value is -1.84. The molecule has 0 bridgehead atoms. The third-order valence-corrected chi connectivity index (χ3v) is 3.38. The zero-order valence-electron chi connectivity index (χ0n) is 10.4. The van der Waals surface area contributed by atoms with E-state index in [0.29, 0.717) is 12.8 Å². The van der Waals surface area contributed by atoms with Gasteiger partial charge in [-0.25, -0.2) is 4.39 Å². The van der Waals surface area contributed by atoms with Gasteiger partial charge in [-0.3, -0.25) is 4.79 Å². The molecule has 0 N–H and O–H groups in total. The number of ether oxygens (including phenoxy) is 2. The molecule has 0 unspecified atom stereocenters. The van der Waals surface area contributed by atoms with Crippen LogP contribution in [-0.2, 0) is 14.9 Å². The molecule has 0 aromatic heterocycles. The lowest BCUT2D eigenvalue weighted by Crippen LogP contribution is -2.34. The Morgan fingerprint density at radius 1 is 1.28 bits per heavy atom. The maximum absolute atomic E-state index is 13.4. The van der Waals surface area contributed by atoms with Gasteiger partial charge < -0.3 is 9.47 Å². The molecule has 0 amide bonds. The molecule has 0 heterocycles. The molecule has 3 nitrogen and oxygen atoms in total. The second-order valence-corrected chi connectivity index (χ2v) is 4.30. The molecule has 96 valence electrons. The fourth-order valence-corrected chi connectivity index (χ4v) is 2.33. The molecule has 4 heteroatoms. The number of allylic oxidation sites excluding steroid dienone is 2. The average molecular weight is 250 g/mol. The first kappa shape index (κ1) is 12.6. The zero-order valence-corrected chi connectivity index (χ0v) is 10.4. The van der Waals surface area contributed by atoms with Gasteiger partial charge in [0.2, 0.25) is 0 Å². The van der Waals surface area contributed by atoms with E-state index < -0.39 is 11.2 Å². The fraction of sp³-hybridized carbons (Fsp3) is 0.357. The molecule has 0 saturated heterocycles. The predicted octanol–water partition coefficient (Wildman–Crippen LogP) is 2.60. The number of benzene rings is 1. The standard InChI is InChI=1S/C14H15FO3/c1-17-12-9-10(5-6-11(12)15)14(13(16)18-2)7-3-4-8-14/h3-6,9H,7-8H2,1-2H3. The third-order valence-electron chi connectivity index (χ3n) is 3.38. The van der Waals surface area contributed by atoms with Crippen LogP contribution in [-0.4, -0.2) is 20.2 Å². The Morgan fingerprint density at radius 2 is 1.94 bits per heavy atom. The summed E-state index contributed by atoms with van der Waals surface area (Å²) in [6.45, 7) is 0. The molecule has 0 fully saturated rings.